The molecule has 1 aromatic carbocycles. The predicted molar refractivity (Wildman–Crippen MR) is 109 cm³/mol. The van der Waals surface area contributed by atoms with Gasteiger partial charge < -0.3 is 15.4 Å². The maximum Gasteiger partial charge on any atom is 0.242 e. The first kappa shape index (κ1) is 23.2. The van der Waals surface area contributed by atoms with Crippen molar-refractivity contribution in [1.82, 2.24) is 9.80 Å². The number of piperidine rings is 1. The predicted octanol–water partition coefficient (Wildman–Crippen LogP) is 2.46. The highest BCUT2D eigenvalue weighted by Gasteiger charge is 2.40. The fraction of sp³-hybridized carbons (Fsp3) is 0.632. The zero-order chi connectivity index (χ0) is 17.0. The molecule has 1 aromatic rings. The number of likely N-dealkylation sites (N-methyl/N-ethyl adjacent to an activating group) is 1. The molecule has 0 atom stereocenters. The number of nitrogens with two attached hydrogens (primary N) is 1. The molecule has 148 valence electrons. The van der Waals surface area contributed by atoms with Crippen LogP contribution in [-0.2, 0) is 16.1 Å². The van der Waals surface area contributed by atoms with Crippen LogP contribution in [0.1, 0.15) is 31.2 Å². The van der Waals surface area contributed by atoms with Crippen molar-refractivity contribution >= 4 is 30.7 Å². The Morgan fingerprint density at radius 3 is 2.35 bits per heavy atom. The number of ether oxygens (including phenoxy) is 1. The molecular formula is C19H31Cl2N3O2. The molecule has 1 amide bonds. The molecule has 0 radical (unpaired) electrons. The molecule has 2 fully saturated rings. The molecular weight excluding hydrogens is 373 g/mol. The fourth-order valence-corrected chi connectivity index (χ4v) is 3.77. The number of halogens is 2. The smallest absolute Gasteiger partial charge is 0.242 e. The number of rotatable bonds is 4. The summed E-state index contributed by atoms with van der Waals surface area (Å²) in [5.41, 5.74) is 6.98. The van der Waals surface area contributed by atoms with Gasteiger partial charge in [0, 0.05) is 45.9 Å². The van der Waals surface area contributed by atoms with Gasteiger partial charge in [-0.15, -0.1) is 24.8 Å². The van der Waals surface area contributed by atoms with Crippen molar-refractivity contribution in [2.75, 3.05) is 33.4 Å². The van der Waals surface area contributed by atoms with Crippen molar-refractivity contribution in [3.63, 3.8) is 0 Å². The van der Waals surface area contributed by atoms with Crippen molar-refractivity contribution < 1.29 is 9.53 Å². The zero-order valence-electron chi connectivity index (χ0n) is 15.4. The largest absolute Gasteiger partial charge is 0.381 e. The van der Waals surface area contributed by atoms with Gasteiger partial charge in [0.2, 0.25) is 5.91 Å². The van der Waals surface area contributed by atoms with Gasteiger partial charge in [0.25, 0.3) is 0 Å². The maximum absolute atomic E-state index is 12.8. The Morgan fingerprint density at radius 1 is 1.19 bits per heavy atom. The summed E-state index contributed by atoms with van der Waals surface area (Å²) >= 11 is 0. The lowest BCUT2D eigenvalue weighted by Gasteiger charge is -2.41. The van der Waals surface area contributed by atoms with Crippen LogP contribution in [0.2, 0.25) is 0 Å². The molecule has 2 N–H and O–H groups in total. The molecule has 2 heterocycles. The summed E-state index contributed by atoms with van der Waals surface area (Å²) in [6.45, 7) is 4.22. The summed E-state index contributed by atoms with van der Waals surface area (Å²) in [6.07, 6.45) is 3.29. The highest BCUT2D eigenvalue weighted by atomic mass is 35.5. The molecule has 7 heteroatoms. The van der Waals surface area contributed by atoms with E-state index in [1.165, 1.54) is 5.56 Å². The van der Waals surface area contributed by atoms with Crippen molar-refractivity contribution in [2.45, 2.75) is 43.8 Å². The first-order valence-electron chi connectivity index (χ1n) is 8.99. The van der Waals surface area contributed by atoms with Crippen molar-refractivity contribution in [1.29, 1.82) is 0 Å². The number of benzene rings is 1. The average Bonchev–Trinajstić information content (AvgIpc) is 2.63. The van der Waals surface area contributed by atoms with Crippen LogP contribution in [0.4, 0.5) is 0 Å². The molecule has 5 nitrogen and oxygen atoms in total. The van der Waals surface area contributed by atoms with E-state index in [-0.39, 0.29) is 30.7 Å². The van der Waals surface area contributed by atoms with E-state index >= 15 is 0 Å². The van der Waals surface area contributed by atoms with Crippen LogP contribution in [0.25, 0.3) is 0 Å². The second-order valence-corrected chi connectivity index (χ2v) is 7.18. The summed E-state index contributed by atoms with van der Waals surface area (Å²) in [4.78, 5) is 17.2. The highest BCUT2D eigenvalue weighted by molar-refractivity contribution is 5.86. The first-order valence-corrected chi connectivity index (χ1v) is 8.99. The minimum absolute atomic E-state index is 0. The molecule has 0 bridgehead atoms. The van der Waals surface area contributed by atoms with E-state index in [1.54, 1.807) is 0 Å². The molecule has 2 saturated heterocycles. The van der Waals surface area contributed by atoms with Crippen molar-refractivity contribution in [3.8, 4) is 0 Å². The molecule has 0 aromatic heterocycles. The molecule has 0 aliphatic carbocycles. The van der Waals surface area contributed by atoms with Gasteiger partial charge in [0.1, 0.15) is 0 Å². The lowest BCUT2D eigenvalue weighted by molar-refractivity contribution is -0.142. The topological polar surface area (TPSA) is 58.8 Å². The van der Waals surface area contributed by atoms with E-state index in [4.69, 9.17) is 10.5 Å². The van der Waals surface area contributed by atoms with Crippen molar-refractivity contribution in [2.24, 2.45) is 5.73 Å². The van der Waals surface area contributed by atoms with Crippen LogP contribution in [0.5, 0.6) is 0 Å². The Labute approximate surface area is 169 Å². The lowest BCUT2D eigenvalue weighted by atomic mass is 9.88. The lowest BCUT2D eigenvalue weighted by Crippen LogP contribution is -2.60. The normalized spacial score (nSPS) is 20.5. The minimum atomic E-state index is -0.728. The number of amides is 1. The minimum Gasteiger partial charge on any atom is -0.381 e. The summed E-state index contributed by atoms with van der Waals surface area (Å²) in [6, 6.07) is 10.9. The van der Waals surface area contributed by atoms with E-state index in [9.17, 15) is 4.79 Å². The van der Waals surface area contributed by atoms with Crippen LogP contribution in [0.15, 0.2) is 30.3 Å². The van der Waals surface area contributed by atoms with Gasteiger partial charge >= 0.3 is 0 Å². The average molecular weight is 404 g/mol. The number of carbonyl (C=O) groups is 1. The van der Waals surface area contributed by atoms with Gasteiger partial charge in [-0.25, -0.2) is 0 Å². The van der Waals surface area contributed by atoms with E-state index in [0.717, 1.165) is 32.5 Å². The number of likely N-dealkylation sites (tertiary alicyclic amines) is 1. The Bertz CT molecular complexity index is 545. The summed E-state index contributed by atoms with van der Waals surface area (Å²) in [7, 11) is 1.92. The summed E-state index contributed by atoms with van der Waals surface area (Å²) < 4.78 is 5.35. The molecule has 2 aliphatic rings. The van der Waals surface area contributed by atoms with E-state index in [0.29, 0.717) is 32.1 Å². The molecule has 0 unspecified atom stereocenters. The maximum atomic E-state index is 12.8. The third-order valence-electron chi connectivity index (χ3n) is 5.49. The molecule has 26 heavy (non-hydrogen) atoms. The number of hydrogen-bond donors (Lipinski definition) is 1. The molecule has 3 rings (SSSR count). The Morgan fingerprint density at radius 2 is 1.77 bits per heavy atom. The van der Waals surface area contributed by atoms with Crippen LogP contribution in [-0.4, -0.2) is 60.6 Å². The van der Waals surface area contributed by atoms with Gasteiger partial charge in [-0.05, 0) is 31.2 Å². The Kier molecular flexibility index (Phi) is 9.34. The van der Waals surface area contributed by atoms with Crippen LogP contribution >= 0.6 is 24.8 Å². The van der Waals surface area contributed by atoms with Crippen LogP contribution in [0.3, 0.4) is 0 Å². The highest BCUT2D eigenvalue weighted by Crippen LogP contribution is 2.24. The molecule has 0 saturated carbocycles. The summed E-state index contributed by atoms with van der Waals surface area (Å²) in [5.74, 6) is 0.0901. The van der Waals surface area contributed by atoms with Gasteiger partial charge in [0.15, 0.2) is 0 Å². The van der Waals surface area contributed by atoms with Gasteiger partial charge in [-0.3, -0.25) is 9.69 Å². The first-order chi connectivity index (χ1) is 11.6. The monoisotopic (exact) mass is 403 g/mol. The molecule has 0 spiro atoms. The third kappa shape index (κ3) is 5.57. The second kappa shape index (κ2) is 10.5. The number of carbonyl (C=O) groups excluding carboxylic acids is 1. The molecule has 2 aliphatic heterocycles. The van der Waals surface area contributed by atoms with Gasteiger partial charge in [-0.1, -0.05) is 30.3 Å². The van der Waals surface area contributed by atoms with Crippen molar-refractivity contribution in [3.05, 3.63) is 35.9 Å². The fourth-order valence-electron chi connectivity index (χ4n) is 3.77. The Hall–Kier alpha value is -0.850. The third-order valence-corrected chi connectivity index (χ3v) is 5.49. The second-order valence-electron chi connectivity index (χ2n) is 7.18. The zero-order valence-corrected chi connectivity index (χ0v) is 17.1. The summed E-state index contributed by atoms with van der Waals surface area (Å²) in [5, 5.41) is 0. The number of hydrogen-bond acceptors (Lipinski definition) is 4. The van der Waals surface area contributed by atoms with Gasteiger partial charge in [-0.2, -0.15) is 0 Å². The van der Waals surface area contributed by atoms with E-state index < -0.39 is 5.54 Å². The van der Waals surface area contributed by atoms with E-state index in [2.05, 4.69) is 35.2 Å². The SMILES string of the molecule is CN(C(=O)C1(N)CCOCC1)C1CCN(Cc2ccccc2)CC1.Cl.Cl. The number of nitrogens with zero attached hydrogens (tertiary/aromatic N) is 2. The Balaban J connectivity index is 0.00000169. The van der Waals surface area contributed by atoms with Crippen LogP contribution in [0, 0.1) is 0 Å². The van der Waals surface area contributed by atoms with Crippen LogP contribution < -0.4 is 5.73 Å². The van der Waals surface area contributed by atoms with E-state index in [1.807, 2.05) is 11.9 Å². The quantitative estimate of drug-likeness (QED) is 0.838. The standard InChI is InChI=1S/C19H29N3O2.2ClH/c1-21(18(23)19(20)9-13-24-14-10-19)17-7-11-22(12-8-17)15-16-5-3-2-4-6-16;;/h2-6,17H,7-15,20H2,1H3;2*1H. The van der Waals surface area contributed by atoms with Gasteiger partial charge in [0.05, 0.1) is 5.54 Å².